The minimum atomic E-state index is -0.188. The molecule has 0 spiro atoms. The van der Waals surface area contributed by atoms with Crippen molar-refractivity contribution in [2.24, 2.45) is 5.92 Å². The minimum absolute atomic E-state index is 0.128. The van der Waals surface area contributed by atoms with Gasteiger partial charge in [0.15, 0.2) is 0 Å². The zero-order chi connectivity index (χ0) is 8.27. The van der Waals surface area contributed by atoms with Crippen molar-refractivity contribution in [2.75, 3.05) is 0 Å². The topological polar surface area (TPSA) is 43.1 Å². The number of nitrogens with zero attached hydrogens (tertiary/aromatic N) is 1. The van der Waals surface area contributed by atoms with Gasteiger partial charge in [0.05, 0.1) is 0 Å². The van der Waals surface area contributed by atoms with E-state index in [0.717, 1.165) is 12.8 Å². The lowest BCUT2D eigenvalue weighted by atomic mass is 10.1. The lowest BCUT2D eigenvalue weighted by Gasteiger charge is -1.93. The van der Waals surface area contributed by atoms with Crippen molar-refractivity contribution in [1.82, 2.24) is 0 Å². The third-order valence-electron chi connectivity index (χ3n) is 2.33. The molecular weight excluding hydrogens is 142 g/mol. The van der Waals surface area contributed by atoms with E-state index in [1.165, 1.54) is 19.3 Å². The average Bonchev–Trinajstić information content (AvgIpc) is 2.68. The normalized spacial score (nSPS) is 28.5. The highest BCUT2D eigenvalue weighted by Crippen LogP contribution is 2.37. The van der Waals surface area contributed by atoms with Gasteiger partial charge in [-0.2, -0.15) is 0 Å². The van der Waals surface area contributed by atoms with E-state index in [2.05, 4.69) is 6.92 Å². The molecule has 0 aromatic heterocycles. The molecule has 0 N–H and O–H groups in total. The van der Waals surface area contributed by atoms with Gasteiger partial charge in [0, 0.05) is 17.3 Å². The van der Waals surface area contributed by atoms with Gasteiger partial charge in [-0.15, -0.1) is 0 Å². The Labute approximate surface area is 66.9 Å². The van der Waals surface area contributed by atoms with Crippen LogP contribution in [0.4, 0.5) is 0 Å². The Morgan fingerprint density at radius 3 is 2.73 bits per heavy atom. The van der Waals surface area contributed by atoms with Crippen LogP contribution in [0, 0.1) is 16.0 Å². The van der Waals surface area contributed by atoms with Gasteiger partial charge in [-0.3, -0.25) is 10.1 Å². The Kier molecular flexibility index (Phi) is 2.85. The lowest BCUT2D eigenvalue weighted by molar-refractivity contribution is -0.498. The maximum absolute atomic E-state index is 10.2. The van der Waals surface area contributed by atoms with E-state index < -0.39 is 0 Å². The highest BCUT2D eigenvalue weighted by Gasteiger charge is 2.47. The smallest absolute Gasteiger partial charge is 0.216 e. The number of unbranched alkanes of at least 4 members (excludes halogenated alkanes) is 2. The summed E-state index contributed by atoms with van der Waals surface area (Å²) in [4.78, 5) is 10.1. The molecule has 64 valence electrons. The van der Waals surface area contributed by atoms with E-state index in [9.17, 15) is 10.1 Å². The van der Waals surface area contributed by atoms with E-state index in [4.69, 9.17) is 0 Å². The Morgan fingerprint density at radius 2 is 2.27 bits per heavy atom. The molecule has 2 atom stereocenters. The van der Waals surface area contributed by atoms with E-state index >= 15 is 0 Å². The zero-order valence-corrected chi connectivity index (χ0v) is 6.95. The second-order valence-corrected chi connectivity index (χ2v) is 3.34. The van der Waals surface area contributed by atoms with E-state index in [0.29, 0.717) is 5.92 Å². The lowest BCUT2D eigenvalue weighted by Crippen LogP contribution is -2.03. The van der Waals surface area contributed by atoms with Crippen LogP contribution in [-0.2, 0) is 0 Å². The molecule has 0 saturated heterocycles. The van der Waals surface area contributed by atoms with Crippen LogP contribution in [0.5, 0.6) is 0 Å². The molecule has 0 aliphatic heterocycles. The highest BCUT2D eigenvalue weighted by molar-refractivity contribution is 4.85. The van der Waals surface area contributed by atoms with Gasteiger partial charge in [-0.25, -0.2) is 0 Å². The molecule has 0 radical (unpaired) electrons. The van der Waals surface area contributed by atoms with Crippen molar-refractivity contribution in [3.05, 3.63) is 10.1 Å². The summed E-state index contributed by atoms with van der Waals surface area (Å²) < 4.78 is 0. The Bertz CT molecular complexity index is 147. The number of rotatable bonds is 5. The largest absolute Gasteiger partial charge is 0.264 e. The first-order valence-corrected chi connectivity index (χ1v) is 4.39. The van der Waals surface area contributed by atoms with E-state index in [1.807, 2.05) is 0 Å². The van der Waals surface area contributed by atoms with Crippen LogP contribution >= 0.6 is 0 Å². The molecule has 1 fully saturated rings. The number of nitro groups is 1. The van der Waals surface area contributed by atoms with Gasteiger partial charge >= 0.3 is 0 Å². The first-order valence-electron chi connectivity index (χ1n) is 4.39. The van der Waals surface area contributed by atoms with E-state index in [-0.39, 0.29) is 11.0 Å². The van der Waals surface area contributed by atoms with Crippen molar-refractivity contribution >= 4 is 0 Å². The SMILES string of the molecule is CCCCC[C@H]1C[C@H]1[N+](=O)[O-]. The Morgan fingerprint density at radius 1 is 1.55 bits per heavy atom. The Hall–Kier alpha value is -0.600. The molecule has 1 rings (SSSR count). The van der Waals surface area contributed by atoms with E-state index in [1.54, 1.807) is 0 Å². The first-order chi connectivity index (χ1) is 5.25. The number of hydrogen-bond donors (Lipinski definition) is 0. The average molecular weight is 157 g/mol. The quantitative estimate of drug-likeness (QED) is 0.349. The summed E-state index contributed by atoms with van der Waals surface area (Å²) in [7, 11) is 0. The fraction of sp³-hybridized carbons (Fsp3) is 1.00. The molecule has 1 aliphatic carbocycles. The van der Waals surface area contributed by atoms with Crippen molar-refractivity contribution in [3.8, 4) is 0 Å². The summed E-state index contributed by atoms with van der Waals surface area (Å²) >= 11 is 0. The molecule has 0 aromatic carbocycles. The summed E-state index contributed by atoms with van der Waals surface area (Å²) in [6, 6.07) is -0.188. The molecule has 1 saturated carbocycles. The van der Waals surface area contributed by atoms with Crippen molar-refractivity contribution < 1.29 is 4.92 Å². The third-order valence-corrected chi connectivity index (χ3v) is 2.33. The maximum Gasteiger partial charge on any atom is 0.216 e. The van der Waals surface area contributed by atoms with Crippen molar-refractivity contribution in [2.45, 2.75) is 45.1 Å². The second kappa shape index (κ2) is 3.69. The van der Waals surface area contributed by atoms with Gasteiger partial charge in [-0.1, -0.05) is 26.2 Å². The third kappa shape index (κ3) is 2.48. The van der Waals surface area contributed by atoms with Crippen LogP contribution in [-0.4, -0.2) is 11.0 Å². The molecule has 0 bridgehead atoms. The standard InChI is InChI=1S/C8H15NO2/c1-2-3-4-5-7-6-8(7)9(10)11/h7-8H,2-6H2,1H3/t7-,8+/m0/s1. The molecule has 0 heterocycles. The summed E-state index contributed by atoms with van der Waals surface area (Å²) in [5.41, 5.74) is 0. The van der Waals surface area contributed by atoms with Crippen LogP contribution in [0.1, 0.15) is 39.0 Å². The molecule has 3 nitrogen and oxygen atoms in total. The Balaban J connectivity index is 2.00. The molecule has 3 heteroatoms. The summed E-state index contributed by atoms with van der Waals surface area (Å²) in [6.07, 6.45) is 5.50. The predicted octanol–water partition coefficient (Wildman–Crippen LogP) is 2.23. The van der Waals surface area contributed by atoms with Crippen LogP contribution in [0.15, 0.2) is 0 Å². The molecule has 0 unspecified atom stereocenters. The molecule has 1 aliphatic rings. The summed E-state index contributed by atoms with van der Waals surface area (Å²) in [6.45, 7) is 2.15. The van der Waals surface area contributed by atoms with Gasteiger partial charge in [0.2, 0.25) is 6.04 Å². The number of hydrogen-bond acceptors (Lipinski definition) is 2. The fourth-order valence-electron chi connectivity index (χ4n) is 1.46. The monoisotopic (exact) mass is 157 g/mol. The second-order valence-electron chi connectivity index (χ2n) is 3.34. The maximum atomic E-state index is 10.2. The van der Waals surface area contributed by atoms with Gasteiger partial charge in [-0.05, 0) is 6.42 Å². The molecule has 0 aromatic rings. The van der Waals surface area contributed by atoms with Crippen molar-refractivity contribution in [1.29, 1.82) is 0 Å². The first kappa shape index (κ1) is 8.50. The van der Waals surface area contributed by atoms with Crippen molar-refractivity contribution in [3.63, 3.8) is 0 Å². The van der Waals surface area contributed by atoms with Crippen LogP contribution in [0.3, 0.4) is 0 Å². The van der Waals surface area contributed by atoms with Gasteiger partial charge in [0.25, 0.3) is 0 Å². The summed E-state index contributed by atoms with van der Waals surface area (Å²) in [5, 5.41) is 10.2. The molecular formula is C8H15NO2. The van der Waals surface area contributed by atoms with Gasteiger partial charge < -0.3 is 0 Å². The molecule has 0 amide bonds. The zero-order valence-electron chi connectivity index (χ0n) is 6.95. The highest BCUT2D eigenvalue weighted by atomic mass is 16.6. The molecule has 11 heavy (non-hydrogen) atoms. The van der Waals surface area contributed by atoms with Crippen LogP contribution in [0.25, 0.3) is 0 Å². The summed E-state index contributed by atoms with van der Waals surface area (Å²) in [5.74, 6) is 0.413. The fourth-order valence-corrected chi connectivity index (χ4v) is 1.46. The van der Waals surface area contributed by atoms with Gasteiger partial charge in [0.1, 0.15) is 0 Å². The minimum Gasteiger partial charge on any atom is -0.264 e. The predicted molar refractivity (Wildman–Crippen MR) is 43.0 cm³/mol. The van der Waals surface area contributed by atoms with Crippen LogP contribution < -0.4 is 0 Å². The van der Waals surface area contributed by atoms with Crippen LogP contribution in [0.2, 0.25) is 0 Å².